The van der Waals surface area contributed by atoms with Crippen molar-refractivity contribution >= 4 is 35.0 Å². The Morgan fingerprint density at radius 2 is 1.72 bits per heavy atom. The molecule has 4 amide bonds. The molecular formula is C25H19FN4O6. The summed E-state index contributed by atoms with van der Waals surface area (Å²) in [5.41, 5.74) is 2.76. The van der Waals surface area contributed by atoms with Crippen LogP contribution in [0.1, 0.15) is 22.3 Å². The Balaban J connectivity index is 1.63. The number of rotatable bonds is 6. The molecule has 1 N–H and O–H groups in total. The number of carbonyl (C=O) groups is 4. The lowest BCUT2D eigenvalue weighted by molar-refractivity contribution is -0.384. The van der Waals surface area contributed by atoms with E-state index in [9.17, 15) is 33.7 Å². The van der Waals surface area contributed by atoms with Gasteiger partial charge in [0.2, 0.25) is 11.8 Å². The summed E-state index contributed by atoms with van der Waals surface area (Å²) in [6.45, 7) is 0. The quantitative estimate of drug-likeness (QED) is 0.321. The molecule has 182 valence electrons. The van der Waals surface area contributed by atoms with E-state index >= 15 is 0 Å². The van der Waals surface area contributed by atoms with Gasteiger partial charge >= 0.3 is 0 Å². The van der Waals surface area contributed by atoms with Gasteiger partial charge in [-0.3, -0.25) is 34.7 Å². The first-order valence-corrected chi connectivity index (χ1v) is 10.8. The third-order valence-electron chi connectivity index (χ3n) is 5.53. The first kappa shape index (κ1) is 24.2. The van der Waals surface area contributed by atoms with Gasteiger partial charge in [0.25, 0.3) is 17.5 Å². The fourth-order valence-electron chi connectivity index (χ4n) is 3.78. The summed E-state index contributed by atoms with van der Waals surface area (Å²) in [5, 5.41) is 11.7. The number of imide groups is 1. The van der Waals surface area contributed by atoms with Gasteiger partial charge in [-0.25, -0.2) is 14.3 Å². The fourth-order valence-corrected chi connectivity index (χ4v) is 3.78. The molecular weight excluding hydrogens is 471 g/mol. The van der Waals surface area contributed by atoms with Gasteiger partial charge in [-0.2, -0.15) is 0 Å². The number of nitro groups is 1. The minimum absolute atomic E-state index is 0.00290. The van der Waals surface area contributed by atoms with E-state index in [1.54, 1.807) is 30.3 Å². The Morgan fingerprint density at radius 1 is 1.03 bits per heavy atom. The van der Waals surface area contributed by atoms with Crippen molar-refractivity contribution in [3.8, 4) is 0 Å². The van der Waals surface area contributed by atoms with Gasteiger partial charge in [0.05, 0.1) is 23.5 Å². The summed E-state index contributed by atoms with van der Waals surface area (Å²) >= 11 is 0. The van der Waals surface area contributed by atoms with Crippen LogP contribution in [0.25, 0.3) is 0 Å². The number of hydrogen-bond donors (Lipinski definition) is 1. The lowest BCUT2D eigenvalue weighted by Gasteiger charge is -2.28. The maximum Gasteiger partial charge on any atom is 0.269 e. The predicted molar refractivity (Wildman–Crippen MR) is 125 cm³/mol. The predicted octanol–water partition coefficient (Wildman–Crippen LogP) is 2.78. The fraction of sp³-hybridized carbons (Fsp3) is 0.120. The zero-order valence-corrected chi connectivity index (χ0v) is 18.7. The Labute approximate surface area is 204 Å². The summed E-state index contributed by atoms with van der Waals surface area (Å²) in [6.07, 6.45) is -0.615. The van der Waals surface area contributed by atoms with Crippen LogP contribution in [0.15, 0.2) is 78.9 Å². The molecule has 3 aromatic rings. The molecule has 36 heavy (non-hydrogen) atoms. The number of amides is 4. The molecule has 0 aliphatic carbocycles. The van der Waals surface area contributed by atoms with Crippen molar-refractivity contribution in [2.24, 2.45) is 0 Å². The van der Waals surface area contributed by atoms with Crippen LogP contribution < -0.4 is 10.3 Å². The number of nitrogens with zero attached hydrogens (tertiary/aromatic N) is 3. The number of non-ortho nitro benzene ring substituents is 1. The van der Waals surface area contributed by atoms with E-state index in [1.807, 2.05) is 0 Å². The van der Waals surface area contributed by atoms with E-state index in [-0.39, 0.29) is 23.4 Å². The smallest absolute Gasteiger partial charge is 0.269 e. The van der Waals surface area contributed by atoms with Crippen LogP contribution in [0.3, 0.4) is 0 Å². The Bertz CT molecular complexity index is 1350. The molecule has 1 aliphatic rings. The van der Waals surface area contributed by atoms with E-state index < -0.39 is 46.8 Å². The maximum atomic E-state index is 13.7. The Hall–Kier alpha value is -4.93. The molecule has 0 radical (unpaired) electrons. The molecule has 1 saturated heterocycles. The van der Waals surface area contributed by atoms with Crippen LogP contribution in [-0.2, 0) is 20.8 Å². The highest BCUT2D eigenvalue weighted by molar-refractivity contribution is 6.23. The van der Waals surface area contributed by atoms with Crippen LogP contribution in [0, 0.1) is 15.9 Å². The second-order valence-electron chi connectivity index (χ2n) is 7.94. The van der Waals surface area contributed by atoms with Gasteiger partial charge in [-0.15, -0.1) is 0 Å². The standard InChI is InChI=1S/C25H19FN4O6/c26-18-7-4-8-20(14-18)28-22(31)15-21(25(28)34)29(23(32)13-16-5-2-1-3-6-16)27-24(33)17-9-11-19(12-10-17)30(35)36/h1-12,14,21H,13,15H2,(H,27,33). The van der Waals surface area contributed by atoms with Crippen molar-refractivity contribution in [1.82, 2.24) is 10.4 Å². The number of hydrazine groups is 1. The van der Waals surface area contributed by atoms with Gasteiger partial charge in [0.1, 0.15) is 11.9 Å². The van der Waals surface area contributed by atoms with Crippen molar-refractivity contribution in [3.05, 3.63) is 106 Å². The number of hydrogen-bond acceptors (Lipinski definition) is 6. The summed E-state index contributed by atoms with van der Waals surface area (Å²) in [4.78, 5) is 63.1. The van der Waals surface area contributed by atoms with Crippen molar-refractivity contribution in [3.63, 3.8) is 0 Å². The molecule has 0 bridgehead atoms. The molecule has 11 heteroatoms. The highest BCUT2D eigenvalue weighted by atomic mass is 19.1. The van der Waals surface area contributed by atoms with Gasteiger partial charge < -0.3 is 0 Å². The first-order chi connectivity index (χ1) is 17.2. The molecule has 4 rings (SSSR count). The zero-order chi connectivity index (χ0) is 25.8. The van der Waals surface area contributed by atoms with Crippen LogP contribution in [0.4, 0.5) is 15.8 Å². The molecule has 1 heterocycles. The van der Waals surface area contributed by atoms with Crippen LogP contribution >= 0.6 is 0 Å². The topological polar surface area (TPSA) is 130 Å². The summed E-state index contributed by atoms with van der Waals surface area (Å²) < 4.78 is 13.7. The number of carbonyl (C=O) groups excluding carboxylic acids is 4. The Morgan fingerprint density at radius 3 is 2.36 bits per heavy atom. The van der Waals surface area contributed by atoms with Crippen molar-refractivity contribution < 1.29 is 28.5 Å². The molecule has 3 aromatic carbocycles. The average molecular weight is 490 g/mol. The largest absolute Gasteiger partial charge is 0.274 e. The summed E-state index contributed by atoms with van der Waals surface area (Å²) in [7, 11) is 0. The highest BCUT2D eigenvalue weighted by Gasteiger charge is 2.45. The molecule has 1 fully saturated rings. The third-order valence-corrected chi connectivity index (χ3v) is 5.53. The van der Waals surface area contributed by atoms with Gasteiger partial charge in [-0.1, -0.05) is 36.4 Å². The molecule has 1 aliphatic heterocycles. The van der Waals surface area contributed by atoms with Gasteiger partial charge in [-0.05, 0) is 35.9 Å². The van der Waals surface area contributed by atoms with E-state index in [0.29, 0.717) is 5.56 Å². The van der Waals surface area contributed by atoms with Crippen molar-refractivity contribution in [1.29, 1.82) is 0 Å². The monoisotopic (exact) mass is 490 g/mol. The first-order valence-electron chi connectivity index (χ1n) is 10.8. The Kier molecular flexibility index (Phi) is 6.81. The minimum atomic E-state index is -1.38. The lowest BCUT2D eigenvalue weighted by Crippen LogP contribution is -2.55. The average Bonchev–Trinajstić information content (AvgIpc) is 3.16. The second-order valence-corrected chi connectivity index (χ2v) is 7.94. The molecule has 0 spiro atoms. The van der Waals surface area contributed by atoms with E-state index in [2.05, 4.69) is 5.43 Å². The van der Waals surface area contributed by atoms with Crippen LogP contribution in [0.5, 0.6) is 0 Å². The van der Waals surface area contributed by atoms with Crippen LogP contribution in [0.2, 0.25) is 0 Å². The molecule has 1 unspecified atom stereocenters. The maximum absolute atomic E-state index is 13.7. The minimum Gasteiger partial charge on any atom is -0.274 e. The summed E-state index contributed by atoms with van der Waals surface area (Å²) in [5.74, 6) is -3.60. The zero-order valence-electron chi connectivity index (χ0n) is 18.7. The van der Waals surface area contributed by atoms with E-state index in [4.69, 9.17) is 0 Å². The number of halogens is 1. The van der Waals surface area contributed by atoms with Gasteiger partial charge in [0.15, 0.2) is 0 Å². The number of benzene rings is 3. The second kappa shape index (κ2) is 10.1. The number of nitrogens with one attached hydrogen (secondary N) is 1. The van der Waals surface area contributed by atoms with Gasteiger partial charge in [0, 0.05) is 17.7 Å². The molecule has 1 atom stereocenters. The molecule has 10 nitrogen and oxygen atoms in total. The number of nitro benzene ring substituents is 1. The highest BCUT2D eigenvalue weighted by Crippen LogP contribution is 2.26. The summed E-state index contributed by atoms with van der Waals surface area (Å²) in [6, 6.07) is 16.8. The normalized spacial score (nSPS) is 15.0. The third kappa shape index (κ3) is 5.09. The number of anilines is 1. The lowest BCUT2D eigenvalue weighted by atomic mass is 10.1. The van der Waals surface area contributed by atoms with Crippen LogP contribution in [-0.4, -0.2) is 39.6 Å². The van der Waals surface area contributed by atoms with Crippen molar-refractivity contribution in [2.75, 3.05) is 4.90 Å². The van der Waals surface area contributed by atoms with E-state index in [1.165, 1.54) is 24.3 Å². The van der Waals surface area contributed by atoms with E-state index in [0.717, 1.165) is 34.2 Å². The van der Waals surface area contributed by atoms with Crippen molar-refractivity contribution in [2.45, 2.75) is 18.9 Å². The molecule has 0 aromatic heterocycles. The SMILES string of the molecule is O=C(NN(C(=O)Cc1ccccc1)C1CC(=O)N(c2cccc(F)c2)C1=O)c1ccc([N+](=O)[O-])cc1. The molecule has 0 saturated carbocycles.